The number of nitrogens with one attached hydrogen (secondary N) is 1. The Labute approximate surface area is 155 Å². The van der Waals surface area contributed by atoms with Gasteiger partial charge in [0.05, 0.1) is 13.1 Å². The highest BCUT2D eigenvalue weighted by molar-refractivity contribution is 6.07. The molecule has 136 valence electrons. The molecule has 0 bridgehead atoms. The average molecular weight is 364 g/mol. The molecule has 6 heteroatoms. The second-order valence-corrected chi connectivity index (χ2v) is 6.33. The lowest BCUT2D eigenvalue weighted by molar-refractivity contribution is 0.0917. The number of amides is 2. The van der Waals surface area contributed by atoms with Crippen molar-refractivity contribution in [3.8, 4) is 0 Å². The summed E-state index contributed by atoms with van der Waals surface area (Å²) >= 11 is 0. The maximum Gasteiger partial charge on any atom is 0.414 e. The number of fused-ring (bicyclic) bond motifs is 1. The molecule has 2 amide bonds. The lowest BCUT2D eigenvalue weighted by Gasteiger charge is -2.13. The third-order valence-corrected chi connectivity index (χ3v) is 4.54. The molecular weight excluding hydrogens is 347 g/mol. The maximum atomic E-state index is 13.0. The minimum absolute atomic E-state index is 0.200. The number of nitrogens with zero attached hydrogens (tertiary/aromatic N) is 1. The quantitative estimate of drug-likeness (QED) is 0.767. The van der Waals surface area contributed by atoms with Crippen LogP contribution in [0.1, 0.15) is 10.4 Å². The molecule has 1 N–H and O–H groups in total. The number of rotatable bonds is 4. The van der Waals surface area contributed by atoms with Crippen LogP contribution in [0.5, 0.6) is 0 Å². The SMILES string of the molecule is O=C(NCC1CN(c2ccc(F)cc2)C(=O)O1)c1cccc2ccccc12. The smallest absolute Gasteiger partial charge is 0.414 e. The molecule has 1 heterocycles. The average Bonchev–Trinajstić information content (AvgIpc) is 3.07. The van der Waals surface area contributed by atoms with Crippen molar-refractivity contribution in [1.29, 1.82) is 0 Å². The van der Waals surface area contributed by atoms with Crippen LogP contribution in [0.25, 0.3) is 10.8 Å². The van der Waals surface area contributed by atoms with E-state index in [-0.39, 0.29) is 18.3 Å². The van der Waals surface area contributed by atoms with E-state index in [1.54, 1.807) is 6.07 Å². The first-order chi connectivity index (χ1) is 13.1. The van der Waals surface area contributed by atoms with Gasteiger partial charge in [-0.15, -0.1) is 0 Å². The van der Waals surface area contributed by atoms with Gasteiger partial charge >= 0.3 is 6.09 Å². The molecule has 1 atom stereocenters. The predicted molar refractivity (Wildman–Crippen MR) is 100 cm³/mol. The third-order valence-electron chi connectivity index (χ3n) is 4.54. The molecule has 0 aromatic heterocycles. The van der Waals surface area contributed by atoms with Gasteiger partial charge in [0.1, 0.15) is 11.9 Å². The minimum atomic E-state index is -0.508. The molecule has 5 nitrogen and oxygen atoms in total. The van der Waals surface area contributed by atoms with Gasteiger partial charge in [0, 0.05) is 11.3 Å². The molecule has 3 aromatic carbocycles. The number of ether oxygens (including phenoxy) is 1. The lowest BCUT2D eigenvalue weighted by Crippen LogP contribution is -2.34. The molecule has 1 unspecified atom stereocenters. The Bertz CT molecular complexity index is 998. The Hall–Kier alpha value is -3.41. The van der Waals surface area contributed by atoms with E-state index in [0.717, 1.165) is 10.8 Å². The van der Waals surface area contributed by atoms with Gasteiger partial charge in [-0.3, -0.25) is 9.69 Å². The second kappa shape index (κ2) is 7.07. The number of carbonyl (C=O) groups is 2. The second-order valence-electron chi connectivity index (χ2n) is 6.33. The Morgan fingerprint density at radius 3 is 2.63 bits per heavy atom. The molecule has 0 saturated carbocycles. The number of hydrogen-bond acceptors (Lipinski definition) is 3. The fourth-order valence-corrected chi connectivity index (χ4v) is 3.18. The number of anilines is 1. The van der Waals surface area contributed by atoms with Crippen molar-refractivity contribution in [3.05, 3.63) is 78.1 Å². The first-order valence-corrected chi connectivity index (χ1v) is 8.61. The van der Waals surface area contributed by atoms with Gasteiger partial charge in [0.2, 0.25) is 0 Å². The van der Waals surface area contributed by atoms with Crippen molar-refractivity contribution >= 4 is 28.5 Å². The summed E-state index contributed by atoms with van der Waals surface area (Å²) in [5.74, 6) is -0.590. The summed E-state index contributed by atoms with van der Waals surface area (Å²) in [5.41, 5.74) is 1.14. The largest absolute Gasteiger partial charge is 0.442 e. The van der Waals surface area contributed by atoms with Crippen LogP contribution in [0.15, 0.2) is 66.7 Å². The summed E-state index contributed by atoms with van der Waals surface area (Å²) < 4.78 is 18.4. The minimum Gasteiger partial charge on any atom is -0.442 e. The fraction of sp³-hybridized carbons (Fsp3) is 0.143. The van der Waals surface area contributed by atoms with E-state index in [2.05, 4.69) is 5.32 Å². The molecule has 4 rings (SSSR count). The summed E-state index contributed by atoms with van der Waals surface area (Å²) in [6.07, 6.45) is -0.979. The van der Waals surface area contributed by atoms with E-state index in [1.165, 1.54) is 29.2 Å². The number of benzene rings is 3. The summed E-state index contributed by atoms with van der Waals surface area (Å²) in [6, 6.07) is 18.8. The number of carbonyl (C=O) groups excluding carboxylic acids is 2. The molecule has 3 aromatic rings. The first kappa shape index (κ1) is 17.0. The van der Waals surface area contributed by atoms with Crippen molar-refractivity contribution in [3.63, 3.8) is 0 Å². The van der Waals surface area contributed by atoms with Crippen molar-refractivity contribution in [2.24, 2.45) is 0 Å². The molecule has 0 aliphatic carbocycles. The van der Waals surface area contributed by atoms with Crippen LogP contribution in [-0.2, 0) is 4.74 Å². The highest BCUT2D eigenvalue weighted by Crippen LogP contribution is 2.22. The number of cyclic esters (lactones) is 1. The van der Waals surface area contributed by atoms with E-state index in [1.807, 2.05) is 36.4 Å². The van der Waals surface area contributed by atoms with Crippen LogP contribution in [0.4, 0.5) is 14.9 Å². The highest BCUT2D eigenvalue weighted by atomic mass is 19.1. The third kappa shape index (κ3) is 3.46. The Balaban J connectivity index is 1.42. The molecule has 1 fully saturated rings. The zero-order chi connectivity index (χ0) is 18.8. The molecule has 1 aliphatic rings. The van der Waals surface area contributed by atoms with Crippen molar-refractivity contribution in [2.45, 2.75) is 6.10 Å². The summed E-state index contributed by atoms with van der Waals surface area (Å²) in [7, 11) is 0. The van der Waals surface area contributed by atoms with Gasteiger partial charge in [-0.25, -0.2) is 9.18 Å². The van der Waals surface area contributed by atoms with Gasteiger partial charge in [0.25, 0.3) is 5.91 Å². The van der Waals surface area contributed by atoms with Crippen LogP contribution in [0.2, 0.25) is 0 Å². The first-order valence-electron chi connectivity index (χ1n) is 8.61. The molecule has 0 radical (unpaired) electrons. The van der Waals surface area contributed by atoms with Crippen LogP contribution < -0.4 is 10.2 Å². The van der Waals surface area contributed by atoms with E-state index < -0.39 is 12.2 Å². The van der Waals surface area contributed by atoms with Gasteiger partial charge in [0.15, 0.2) is 0 Å². The van der Waals surface area contributed by atoms with Crippen LogP contribution in [-0.4, -0.2) is 31.2 Å². The molecule has 1 aliphatic heterocycles. The van der Waals surface area contributed by atoms with Crippen molar-refractivity contribution in [2.75, 3.05) is 18.0 Å². The lowest BCUT2D eigenvalue weighted by atomic mass is 10.0. The van der Waals surface area contributed by atoms with Crippen molar-refractivity contribution in [1.82, 2.24) is 5.32 Å². The number of halogens is 1. The normalized spacial score (nSPS) is 16.4. The van der Waals surface area contributed by atoms with Gasteiger partial charge in [-0.1, -0.05) is 36.4 Å². The fourth-order valence-electron chi connectivity index (χ4n) is 3.18. The summed E-state index contributed by atoms with van der Waals surface area (Å²) in [6.45, 7) is 0.492. The van der Waals surface area contributed by atoms with Gasteiger partial charge in [-0.2, -0.15) is 0 Å². The Morgan fingerprint density at radius 1 is 1.07 bits per heavy atom. The maximum absolute atomic E-state index is 13.0. The van der Waals surface area contributed by atoms with Crippen LogP contribution in [0, 0.1) is 5.82 Å². The topological polar surface area (TPSA) is 58.6 Å². The summed E-state index contributed by atoms with van der Waals surface area (Å²) in [4.78, 5) is 26.1. The van der Waals surface area contributed by atoms with Gasteiger partial charge in [-0.05, 0) is 41.1 Å². The molecular formula is C21H17FN2O3. The molecule has 0 spiro atoms. The van der Waals surface area contributed by atoms with Crippen LogP contribution in [0.3, 0.4) is 0 Å². The van der Waals surface area contributed by atoms with E-state index in [4.69, 9.17) is 4.74 Å². The Kier molecular flexibility index (Phi) is 4.46. The molecule has 27 heavy (non-hydrogen) atoms. The zero-order valence-corrected chi connectivity index (χ0v) is 14.4. The predicted octanol–water partition coefficient (Wildman–Crippen LogP) is 3.73. The molecule has 1 saturated heterocycles. The Morgan fingerprint density at radius 2 is 1.81 bits per heavy atom. The van der Waals surface area contributed by atoms with Crippen LogP contribution >= 0.6 is 0 Å². The van der Waals surface area contributed by atoms with Gasteiger partial charge < -0.3 is 10.1 Å². The van der Waals surface area contributed by atoms with E-state index in [0.29, 0.717) is 17.8 Å². The standard InChI is InChI=1S/C21H17FN2O3/c22-15-8-10-16(11-9-15)24-13-17(27-21(24)26)12-23-20(25)19-7-3-5-14-4-1-2-6-18(14)19/h1-11,17H,12-13H2,(H,23,25). The monoisotopic (exact) mass is 364 g/mol. The highest BCUT2D eigenvalue weighted by Gasteiger charge is 2.32. The van der Waals surface area contributed by atoms with Crippen molar-refractivity contribution < 1.29 is 18.7 Å². The van der Waals surface area contributed by atoms with E-state index in [9.17, 15) is 14.0 Å². The number of hydrogen-bond donors (Lipinski definition) is 1. The summed E-state index contributed by atoms with van der Waals surface area (Å²) in [5, 5.41) is 4.69. The van der Waals surface area contributed by atoms with E-state index >= 15 is 0 Å². The zero-order valence-electron chi connectivity index (χ0n) is 14.4.